The number of nitrogens with one attached hydrogen (secondary N) is 1. The zero-order valence-electron chi connectivity index (χ0n) is 15.3. The number of unbranched alkanes of at least 4 members (excludes halogenated alkanes) is 1. The first-order chi connectivity index (χ1) is 12.5. The molecular weight excluding hydrogens is 346 g/mol. The normalized spacial score (nSPS) is 10.8. The van der Waals surface area contributed by atoms with Crippen molar-refractivity contribution in [3.05, 3.63) is 47.8 Å². The molecule has 0 aliphatic heterocycles. The number of carbonyl (C=O) groups excluding carboxylic acids is 1. The van der Waals surface area contributed by atoms with Crippen LogP contribution in [0, 0.1) is 18.8 Å². The Morgan fingerprint density at radius 2 is 2.15 bits per heavy atom. The van der Waals surface area contributed by atoms with E-state index in [9.17, 15) is 4.79 Å². The Hall–Kier alpha value is -2.64. The SMILES string of the molecule is CCC#CC(=O)Nc1cccc(-c2cnc(C)c(/C(Cl)=C\CCC)c2)n1. The molecule has 0 unspecified atom stereocenters. The number of pyridine rings is 2. The summed E-state index contributed by atoms with van der Waals surface area (Å²) in [6.07, 6.45) is 6.35. The number of hydrogen-bond donors (Lipinski definition) is 1. The van der Waals surface area contributed by atoms with Gasteiger partial charge in [0.1, 0.15) is 5.82 Å². The molecule has 134 valence electrons. The zero-order valence-corrected chi connectivity index (χ0v) is 16.0. The fraction of sp³-hybridized carbons (Fsp3) is 0.286. The van der Waals surface area contributed by atoms with Gasteiger partial charge in [-0.25, -0.2) is 4.98 Å². The van der Waals surface area contributed by atoms with Crippen molar-refractivity contribution in [3.8, 4) is 23.1 Å². The molecule has 5 heteroatoms. The molecule has 0 radical (unpaired) electrons. The fourth-order valence-corrected chi connectivity index (χ4v) is 2.58. The number of halogens is 1. The summed E-state index contributed by atoms with van der Waals surface area (Å²) in [6, 6.07) is 7.40. The lowest BCUT2D eigenvalue weighted by Gasteiger charge is -2.09. The molecule has 0 fully saturated rings. The highest BCUT2D eigenvalue weighted by atomic mass is 35.5. The van der Waals surface area contributed by atoms with Gasteiger partial charge < -0.3 is 0 Å². The molecule has 0 bridgehead atoms. The third-order valence-corrected chi connectivity index (χ3v) is 3.98. The van der Waals surface area contributed by atoms with Gasteiger partial charge in [-0.15, -0.1) is 0 Å². The average Bonchev–Trinajstić information content (AvgIpc) is 2.65. The Bertz CT molecular complexity index is 878. The van der Waals surface area contributed by atoms with Crippen molar-refractivity contribution in [3.63, 3.8) is 0 Å². The minimum atomic E-state index is -0.371. The molecule has 0 saturated carbocycles. The Kier molecular flexibility index (Phi) is 7.37. The smallest absolute Gasteiger partial charge is 0.300 e. The molecule has 4 nitrogen and oxygen atoms in total. The van der Waals surface area contributed by atoms with Gasteiger partial charge >= 0.3 is 5.91 Å². The number of aromatic nitrogens is 2. The number of allylic oxidation sites excluding steroid dienone is 1. The van der Waals surface area contributed by atoms with Gasteiger partial charge in [0.25, 0.3) is 0 Å². The lowest BCUT2D eigenvalue weighted by Crippen LogP contribution is -2.10. The van der Waals surface area contributed by atoms with Gasteiger partial charge in [0, 0.05) is 34.5 Å². The highest BCUT2D eigenvalue weighted by Crippen LogP contribution is 2.27. The van der Waals surface area contributed by atoms with E-state index >= 15 is 0 Å². The third-order valence-electron chi connectivity index (χ3n) is 3.62. The van der Waals surface area contributed by atoms with E-state index in [2.05, 4.69) is 34.0 Å². The van der Waals surface area contributed by atoms with Crippen LogP contribution in [0.25, 0.3) is 16.3 Å². The van der Waals surface area contributed by atoms with Crippen LogP contribution >= 0.6 is 11.6 Å². The first-order valence-corrected chi connectivity index (χ1v) is 9.02. The van der Waals surface area contributed by atoms with Gasteiger partial charge in [-0.05, 0) is 37.5 Å². The maximum atomic E-state index is 11.7. The number of nitrogens with zero attached hydrogens (tertiary/aromatic N) is 2. The number of aryl methyl sites for hydroxylation is 1. The van der Waals surface area contributed by atoms with Crippen molar-refractivity contribution in [2.24, 2.45) is 0 Å². The monoisotopic (exact) mass is 367 g/mol. The summed E-state index contributed by atoms with van der Waals surface area (Å²) >= 11 is 6.43. The van der Waals surface area contributed by atoms with Crippen LogP contribution < -0.4 is 5.32 Å². The molecule has 1 N–H and O–H groups in total. The minimum Gasteiger partial charge on any atom is -0.300 e. The van der Waals surface area contributed by atoms with Crippen molar-refractivity contribution in [2.75, 3.05) is 5.32 Å². The summed E-state index contributed by atoms with van der Waals surface area (Å²) in [5.74, 6) is 5.33. The largest absolute Gasteiger partial charge is 0.301 e. The van der Waals surface area contributed by atoms with E-state index in [1.807, 2.05) is 38.1 Å². The second-order valence-corrected chi connectivity index (χ2v) is 6.12. The summed E-state index contributed by atoms with van der Waals surface area (Å²) < 4.78 is 0. The van der Waals surface area contributed by atoms with E-state index in [0.717, 1.165) is 29.7 Å². The van der Waals surface area contributed by atoms with Crippen LogP contribution in [0.2, 0.25) is 0 Å². The number of rotatable bonds is 5. The molecule has 2 rings (SSSR count). The summed E-state index contributed by atoms with van der Waals surface area (Å²) in [6.45, 7) is 5.93. The Morgan fingerprint density at radius 3 is 2.88 bits per heavy atom. The predicted molar refractivity (Wildman–Crippen MR) is 108 cm³/mol. The fourth-order valence-electron chi connectivity index (χ4n) is 2.28. The van der Waals surface area contributed by atoms with Gasteiger partial charge in [-0.2, -0.15) is 0 Å². The Labute approximate surface area is 159 Å². The summed E-state index contributed by atoms with van der Waals surface area (Å²) in [4.78, 5) is 20.7. The molecule has 0 saturated heterocycles. The standard InChI is InChI=1S/C21H22ClN3O/c1-4-6-9-18(22)17-13-16(14-23-15(17)3)19-10-8-11-20(24-19)25-21(26)12-7-5-2/h8-11,13-14H,4-6H2,1-3H3,(H,24,25,26)/b18-9+. The first-order valence-electron chi connectivity index (χ1n) is 8.65. The number of hydrogen-bond acceptors (Lipinski definition) is 3. The molecule has 2 heterocycles. The lowest BCUT2D eigenvalue weighted by atomic mass is 10.1. The van der Waals surface area contributed by atoms with Crippen LogP contribution in [-0.2, 0) is 4.79 Å². The van der Waals surface area contributed by atoms with E-state index in [-0.39, 0.29) is 5.91 Å². The van der Waals surface area contributed by atoms with E-state index in [1.54, 1.807) is 12.3 Å². The molecule has 0 spiro atoms. The van der Waals surface area contributed by atoms with Crippen molar-refractivity contribution >= 4 is 28.4 Å². The third kappa shape index (κ3) is 5.44. The molecule has 1 amide bonds. The van der Waals surface area contributed by atoms with Gasteiger partial charge in [0.05, 0.1) is 5.69 Å². The number of anilines is 1. The van der Waals surface area contributed by atoms with Crippen LogP contribution in [0.3, 0.4) is 0 Å². The maximum absolute atomic E-state index is 11.7. The van der Waals surface area contributed by atoms with Gasteiger partial charge in [-0.3, -0.25) is 15.1 Å². The van der Waals surface area contributed by atoms with Crippen molar-refractivity contribution in [2.45, 2.75) is 40.0 Å². The second-order valence-electron chi connectivity index (χ2n) is 5.72. The van der Waals surface area contributed by atoms with Gasteiger partial charge in [0.15, 0.2) is 0 Å². The minimum absolute atomic E-state index is 0.371. The van der Waals surface area contributed by atoms with Crippen molar-refractivity contribution in [1.29, 1.82) is 0 Å². The summed E-state index contributed by atoms with van der Waals surface area (Å²) in [5.41, 5.74) is 3.30. The molecular formula is C21H22ClN3O. The highest BCUT2D eigenvalue weighted by Gasteiger charge is 2.09. The Balaban J connectivity index is 2.31. The number of amides is 1. The zero-order chi connectivity index (χ0) is 18.9. The molecule has 2 aromatic rings. The van der Waals surface area contributed by atoms with Crippen molar-refractivity contribution in [1.82, 2.24) is 9.97 Å². The van der Waals surface area contributed by atoms with Crippen LogP contribution in [0.15, 0.2) is 36.5 Å². The van der Waals surface area contributed by atoms with Crippen LogP contribution in [0.4, 0.5) is 5.82 Å². The lowest BCUT2D eigenvalue weighted by molar-refractivity contribution is -0.111. The van der Waals surface area contributed by atoms with Crippen LogP contribution in [0.1, 0.15) is 44.4 Å². The molecule has 0 aliphatic carbocycles. The molecule has 0 aliphatic rings. The topological polar surface area (TPSA) is 54.9 Å². The van der Waals surface area contributed by atoms with Crippen molar-refractivity contribution < 1.29 is 4.79 Å². The van der Waals surface area contributed by atoms with Crippen LogP contribution in [0.5, 0.6) is 0 Å². The van der Waals surface area contributed by atoms with E-state index in [4.69, 9.17) is 11.6 Å². The molecule has 0 atom stereocenters. The maximum Gasteiger partial charge on any atom is 0.301 e. The predicted octanol–water partition coefficient (Wildman–Crippen LogP) is 5.18. The molecule has 26 heavy (non-hydrogen) atoms. The van der Waals surface area contributed by atoms with Gasteiger partial charge in [-0.1, -0.05) is 49.9 Å². The number of carbonyl (C=O) groups is 1. The second kappa shape index (κ2) is 9.74. The van der Waals surface area contributed by atoms with E-state index in [1.165, 1.54) is 0 Å². The molecule has 0 aromatic carbocycles. The van der Waals surface area contributed by atoms with E-state index < -0.39 is 0 Å². The van der Waals surface area contributed by atoms with Gasteiger partial charge in [0.2, 0.25) is 0 Å². The quantitative estimate of drug-likeness (QED) is 0.740. The van der Waals surface area contributed by atoms with Crippen LogP contribution in [-0.4, -0.2) is 15.9 Å². The molecule has 2 aromatic heterocycles. The average molecular weight is 368 g/mol. The highest BCUT2D eigenvalue weighted by molar-refractivity contribution is 6.48. The summed E-state index contributed by atoms with van der Waals surface area (Å²) in [5, 5.41) is 3.37. The van der Waals surface area contributed by atoms with E-state index in [0.29, 0.717) is 23.0 Å². The Morgan fingerprint density at radius 1 is 1.35 bits per heavy atom. The summed E-state index contributed by atoms with van der Waals surface area (Å²) in [7, 11) is 0. The first kappa shape index (κ1) is 19.7.